The van der Waals surface area contributed by atoms with E-state index in [9.17, 15) is 4.79 Å². The summed E-state index contributed by atoms with van der Waals surface area (Å²) < 4.78 is 10.9. The van der Waals surface area contributed by atoms with Crippen LogP contribution in [0.25, 0.3) is 0 Å². The van der Waals surface area contributed by atoms with E-state index in [-0.39, 0.29) is 19.7 Å². The second kappa shape index (κ2) is 11.3. The minimum Gasteiger partial charge on any atom is -1.00 e. The van der Waals surface area contributed by atoms with E-state index in [4.69, 9.17) is 9.47 Å². The lowest BCUT2D eigenvalue weighted by atomic mass is 10.2. The van der Waals surface area contributed by atoms with E-state index < -0.39 is 0 Å². The zero-order chi connectivity index (χ0) is 18.1. The molecule has 0 aliphatic rings. The van der Waals surface area contributed by atoms with Crippen molar-refractivity contribution in [2.75, 3.05) is 38.7 Å². The molecular weight excluding hydrogens is 354 g/mol. The number of halogens is 1. The molecule has 2 rings (SSSR count). The van der Waals surface area contributed by atoms with Gasteiger partial charge in [0.15, 0.2) is 0 Å². The molecule has 1 N–H and O–H groups in total. The van der Waals surface area contributed by atoms with Crippen molar-refractivity contribution < 1.29 is 28.1 Å². The van der Waals surface area contributed by atoms with Crippen LogP contribution in [-0.2, 0) is 0 Å². The minimum atomic E-state index is -0.244. The molecule has 7 heteroatoms. The lowest BCUT2D eigenvalue weighted by molar-refractivity contribution is -0.0000137. The lowest BCUT2D eigenvalue weighted by Gasteiger charge is -2.17. The lowest BCUT2D eigenvalue weighted by Crippen LogP contribution is -3.00. The summed E-state index contributed by atoms with van der Waals surface area (Å²) in [5, 5.41) is 2.82. The van der Waals surface area contributed by atoms with Crippen molar-refractivity contribution >= 4 is 11.6 Å². The highest BCUT2D eigenvalue weighted by atomic mass is 35.5. The number of pyridine rings is 1. The number of carbonyl (C=O) groups excluding carboxylic acids is 1. The van der Waals surface area contributed by atoms with E-state index in [0.29, 0.717) is 29.5 Å². The normalized spacial score (nSPS) is 10.2. The van der Waals surface area contributed by atoms with E-state index in [1.54, 1.807) is 31.4 Å². The number of ether oxygens (including phenoxy) is 2. The predicted octanol–water partition coefficient (Wildman–Crippen LogP) is 0.180. The second-order valence-electron chi connectivity index (χ2n) is 5.41. The highest BCUT2D eigenvalue weighted by molar-refractivity contribution is 6.04. The van der Waals surface area contributed by atoms with E-state index in [2.05, 4.69) is 29.0 Å². The Morgan fingerprint density at radius 2 is 1.92 bits per heavy atom. The van der Waals surface area contributed by atoms with E-state index >= 15 is 0 Å². The molecule has 1 amide bonds. The highest BCUT2D eigenvalue weighted by Gasteiger charge is 2.10. The van der Waals surface area contributed by atoms with Gasteiger partial charge >= 0.3 is 1.43 Å². The smallest absolute Gasteiger partial charge is 1.00 e. The molecule has 142 valence electrons. The van der Waals surface area contributed by atoms with Gasteiger partial charge in [-0.15, -0.1) is 0 Å². The first-order chi connectivity index (χ1) is 12.2. The third kappa shape index (κ3) is 6.20. The van der Waals surface area contributed by atoms with Crippen LogP contribution < -0.4 is 27.2 Å². The van der Waals surface area contributed by atoms with Gasteiger partial charge in [0.25, 0.3) is 5.91 Å². The molecule has 1 heterocycles. The Hall–Kier alpha value is -2.31. The molecule has 0 saturated heterocycles. The van der Waals surface area contributed by atoms with Crippen LogP contribution in [0, 0.1) is 0 Å². The third-order valence-corrected chi connectivity index (χ3v) is 3.91. The Labute approximate surface area is 162 Å². The van der Waals surface area contributed by atoms with Crippen molar-refractivity contribution in [3.63, 3.8) is 0 Å². The molecule has 6 nitrogen and oxygen atoms in total. The molecular formula is C19H26ClN3O3. The molecule has 0 bridgehead atoms. The second-order valence-corrected chi connectivity index (χ2v) is 5.41. The summed E-state index contributed by atoms with van der Waals surface area (Å²) in [6, 6.07) is 10.7. The van der Waals surface area contributed by atoms with Crippen LogP contribution in [0.2, 0.25) is 0 Å². The molecule has 0 fully saturated rings. The number of hydrogen-bond acceptors (Lipinski definition) is 5. The first-order valence-electron chi connectivity index (χ1n) is 8.43. The summed E-state index contributed by atoms with van der Waals surface area (Å²) in [7, 11) is 1.57. The molecule has 0 unspecified atom stereocenters. The van der Waals surface area contributed by atoms with Crippen LogP contribution in [0.5, 0.6) is 11.6 Å². The summed E-state index contributed by atoms with van der Waals surface area (Å²) in [5.41, 5.74) is 1.08. The molecule has 2 aromatic rings. The molecule has 1 aromatic heterocycles. The van der Waals surface area contributed by atoms with Gasteiger partial charge in [0, 0.05) is 18.8 Å². The van der Waals surface area contributed by atoms with E-state index in [1.807, 2.05) is 12.1 Å². The van der Waals surface area contributed by atoms with E-state index in [0.717, 1.165) is 19.6 Å². The standard InChI is InChI=1S/C19H25N3O3.ClH/c1-4-22(5-2)12-13-25-18-11-10-15(14-20-18)19(23)21-16-8-6-7-9-17(16)24-3;/h6-11,14H,4-5,12-13H2,1-3H3,(H,21,23);1H. The number of carbonyl (C=O) groups is 1. The van der Waals surface area contributed by atoms with Crippen LogP contribution in [0.1, 0.15) is 25.6 Å². The topological polar surface area (TPSA) is 63.7 Å². The minimum absolute atomic E-state index is 0. The van der Waals surface area contributed by atoms with Crippen molar-refractivity contribution in [1.82, 2.24) is 9.88 Å². The number of anilines is 1. The van der Waals surface area contributed by atoms with Crippen molar-refractivity contribution in [3.8, 4) is 11.6 Å². The van der Waals surface area contributed by atoms with Crippen molar-refractivity contribution in [2.24, 2.45) is 0 Å². The Morgan fingerprint density at radius 1 is 1.19 bits per heavy atom. The predicted molar refractivity (Wildman–Crippen MR) is 99.6 cm³/mol. The third-order valence-electron chi connectivity index (χ3n) is 3.91. The van der Waals surface area contributed by atoms with Gasteiger partial charge in [-0.3, -0.25) is 4.79 Å². The van der Waals surface area contributed by atoms with Gasteiger partial charge in [0.1, 0.15) is 12.4 Å². The van der Waals surface area contributed by atoms with Crippen molar-refractivity contribution in [2.45, 2.75) is 13.8 Å². The fraction of sp³-hybridized carbons (Fsp3) is 0.368. The van der Waals surface area contributed by atoms with Crippen LogP contribution in [0.15, 0.2) is 42.6 Å². The maximum Gasteiger partial charge on any atom is 1.00 e. The zero-order valence-corrected chi connectivity index (χ0v) is 16.1. The Balaban J connectivity index is 0.00000338. The number of nitrogens with one attached hydrogen (secondary N) is 1. The average Bonchev–Trinajstić information content (AvgIpc) is 2.66. The average molecular weight is 380 g/mol. The van der Waals surface area contributed by atoms with Gasteiger partial charge in [0.05, 0.1) is 18.4 Å². The van der Waals surface area contributed by atoms with Gasteiger partial charge in [-0.2, -0.15) is 0 Å². The molecule has 0 radical (unpaired) electrons. The Bertz CT molecular complexity index is 682. The van der Waals surface area contributed by atoms with Crippen LogP contribution in [-0.4, -0.2) is 49.1 Å². The number of hydrogen-bond donors (Lipinski definition) is 1. The SMILES string of the molecule is CCN(CC)CCOc1ccc(C(=O)Nc2ccccc2OC)cn1.[Cl-].[H+]. The largest absolute Gasteiger partial charge is 1.00 e. The maximum atomic E-state index is 12.3. The molecule has 0 atom stereocenters. The van der Waals surface area contributed by atoms with Crippen molar-refractivity contribution in [3.05, 3.63) is 48.2 Å². The first kappa shape index (κ1) is 21.7. The number of likely N-dealkylation sites (N-methyl/N-ethyl adjacent to an activating group) is 1. The van der Waals surface area contributed by atoms with Gasteiger partial charge in [-0.25, -0.2) is 4.98 Å². The zero-order valence-electron chi connectivity index (χ0n) is 16.4. The monoisotopic (exact) mass is 379 g/mol. The van der Waals surface area contributed by atoms with Gasteiger partial charge in [-0.1, -0.05) is 26.0 Å². The Morgan fingerprint density at radius 3 is 2.54 bits per heavy atom. The summed E-state index contributed by atoms with van der Waals surface area (Å²) in [6.07, 6.45) is 1.51. The molecule has 26 heavy (non-hydrogen) atoms. The summed E-state index contributed by atoms with van der Waals surface area (Å²) >= 11 is 0. The fourth-order valence-electron chi connectivity index (χ4n) is 2.36. The van der Waals surface area contributed by atoms with E-state index in [1.165, 1.54) is 6.20 Å². The maximum absolute atomic E-state index is 12.3. The van der Waals surface area contributed by atoms with Crippen molar-refractivity contribution in [1.29, 1.82) is 0 Å². The number of rotatable bonds is 9. The number of para-hydroxylation sites is 2. The first-order valence-corrected chi connectivity index (χ1v) is 8.43. The number of aromatic nitrogens is 1. The number of benzene rings is 1. The van der Waals surface area contributed by atoms with Gasteiger partial charge < -0.3 is 32.1 Å². The molecule has 0 spiro atoms. The highest BCUT2D eigenvalue weighted by Crippen LogP contribution is 2.23. The summed E-state index contributed by atoms with van der Waals surface area (Å²) in [6.45, 7) is 7.66. The van der Waals surface area contributed by atoms with Gasteiger partial charge in [0.2, 0.25) is 5.88 Å². The number of nitrogens with zero attached hydrogens (tertiary/aromatic N) is 2. The van der Waals surface area contributed by atoms with Crippen LogP contribution in [0.3, 0.4) is 0 Å². The summed E-state index contributed by atoms with van der Waals surface area (Å²) in [5.74, 6) is 0.882. The van der Waals surface area contributed by atoms with Crippen LogP contribution >= 0.6 is 0 Å². The number of methoxy groups -OCH3 is 1. The fourth-order valence-corrected chi connectivity index (χ4v) is 2.36. The molecule has 1 aromatic carbocycles. The molecule has 0 aliphatic heterocycles. The summed E-state index contributed by atoms with van der Waals surface area (Å²) in [4.78, 5) is 18.8. The quantitative estimate of drug-likeness (QED) is 0.673. The Kier molecular flexibility index (Phi) is 9.47. The molecule has 0 saturated carbocycles. The van der Waals surface area contributed by atoms with Gasteiger partial charge in [-0.05, 0) is 31.3 Å². The number of amides is 1. The van der Waals surface area contributed by atoms with Crippen LogP contribution in [0.4, 0.5) is 5.69 Å². The molecule has 0 aliphatic carbocycles.